The molecule has 7 nitrogen and oxygen atoms in total. The fraction of sp³-hybridized carbons (Fsp3) is 0.250. The molecule has 0 fully saturated rings. The molecule has 0 unspecified atom stereocenters. The Balaban J connectivity index is 1.68. The fourth-order valence-electron chi connectivity index (χ4n) is 3.28. The third kappa shape index (κ3) is 6.09. The van der Waals surface area contributed by atoms with Crippen LogP contribution in [-0.2, 0) is 11.3 Å². The van der Waals surface area contributed by atoms with Gasteiger partial charge in [-0.1, -0.05) is 18.2 Å². The summed E-state index contributed by atoms with van der Waals surface area (Å²) in [6.07, 6.45) is 2.95. The quantitative estimate of drug-likeness (QED) is 0.467. The number of ether oxygens (including phenoxy) is 3. The molecule has 0 spiro atoms. The summed E-state index contributed by atoms with van der Waals surface area (Å²) in [4.78, 5) is 12.4. The Kier molecular flexibility index (Phi) is 7.66. The monoisotopic (exact) mass is 457 g/mol. The number of hydrogen-bond acceptors (Lipinski definition) is 5. The van der Waals surface area contributed by atoms with Gasteiger partial charge in [-0.25, -0.2) is 0 Å². The molecule has 0 aliphatic rings. The van der Waals surface area contributed by atoms with Crippen molar-refractivity contribution < 1.29 is 27.8 Å². The Morgan fingerprint density at radius 3 is 2.42 bits per heavy atom. The second kappa shape index (κ2) is 10.6. The van der Waals surface area contributed by atoms with Crippen LogP contribution in [-0.4, -0.2) is 36.5 Å². The lowest BCUT2D eigenvalue weighted by atomic mass is 10.2. The van der Waals surface area contributed by atoms with Crippen LogP contribution in [0.3, 0.4) is 0 Å². The summed E-state index contributed by atoms with van der Waals surface area (Å²) >= 11 is 0. The van der Waals surface area contributed by atoms with Gasteiger partial charge in [0.05, 0.1) is 37.8 Å². The van der Waals surface area contributed by atoms with Gasteiger partial charge in [0.2, 0.25) is 5.91 Å². The number of nitrogens with zero attached hydrogens (tertiary/aromatic N) is 2. The highest BCUT2D eigenvalue weighted by Gasteiger charge is 2.14. The van der Waals surface area contributed by atoms with E-state index in [1.807, 2.05) is 32.0 Å². The van der Waals surface area contributed by atoms with Gasteiger partial charge < -0.3 is 19.5 Å². The summed E-state index contributed by atoms with van der Waals surface area (Å²) in [5, 5.41) is 7.39. The Morgan fingerprint density at radius 1 is 1.09 bits per heavy atom. The highest BCUT2D eigenvalue weighted by molar-refractivity contribution is 6.02. The molecule has 1 amide bonds. The number of benzene rings is 2. The molecule has 0 saturated heterocycles. The maximum Gasteiger partial charge on any atom is 0.387 e. The minimum atomic E-state index is -2.88. The number of aryl methyl sites for hydroxylation is 1. The van der Waals surface area contributed by atoms with Crippen LogP contribution in [0.2, 0.25) is 0 Å². The lowest BCUT2D eigenvalue weighted by molar-refractivity contribution is -0.111. The third-order valence-electron chi connectivity index (χ3n) is 4.94. The van der Waals surface area contributed by atoms with Gasteiger partial charge in [-0.05, 0) is 55.3 Å². The number of amides is 1. The Labute approximate surface area is 190 Å². The van der Waals surface area contributed by atoms with Crippen molar-refractivity contribution in [3.8, 4) is 17.2 Å². The molecular weight excluding hydrogens is 432 g/mol. The summed E-state index contributed by atoms with van der Waals surface area (Å²) < 4.78 is 41.2. The molecule has 0 aliphatic heterocycles. The minimum absolute atomic E-state index is 0.0553. The van der Waals surface area contributed by atoms with Gasteiger partial charge in [-0.2, -0.15) is 13.9 Å². The number of methoxy groups -OCH3 is 2. The van der Waals surface area contributed by atoms with Crippen LogP contribution < -0.4 is 19.5 Å². The van der Waals surface area contributed by atoms with Gasteiger partial charge in [-0.3, -0.25) is 9.48 Å². The molecule has 0 aliphatic carbocycles. The molecule has 0 atom stereocenters. The van der Waals surface area contributed by atoms with Crippen LogP contribution in [0.4, 0.5) is 14.5 Å². The van der Waals surface area contributed by atoms with E-state index < -0.39 is 6.61 Å². The number of nitrogens with one attached hydrogen (secondary N) is 1. The van der Waals surface area contributed by atoms with E-state index in [-0.39, 0.29) is 11.7 Å². The Bertz CT molecular complexity index is 1140. The summed E-state index contributed by atoms with van der Waals surface area (Å²) in [6, 6.07) is 11.6. The number of anilines is 1. The average Bonchev–Trinajstić information content (AvgIpc) is 3.05. The first-order valence-corrected chi connectivity index (χ1v) is 10.1. The van der Waals surface area contributed by atoms with Crippen molar-refractivity contribution in [3.05, 3.63) is 71.1 Å². The van der Waals surface area contributed by atoms with Crippen LogP contribution in [0, 0.1) is 13.8 Å². The summed E-state index contributed by atoms with van der Waals surface area (Å²) in [5.41, 5.74) is 3.76. The summed E-state index contributed by atoms with van der Waals surface area (Å²) in [7, 11) is 3.16. The van der Waals surface area contributed by atoms with Crippen molar-refractivity contribution in [1.82, 2.24) is 9.78 Å². The molecule has 1 N–H and O–H groups in total. The number of carbonyl (C=O) groups is 1. The zero-order valence-corrected chi connectivity index (χ0v) is 18.8. The van der Waals surface area contributed by atoms with Crippen molar-refractivity contribution in [2.24, 2.45) is 0 Å². The van der Waals surface area contributed by atoms with Crippen LogP contribution >= 0.6 is 0 Å². The maximum absolute atomic E-state index is 12.4. The van der Waals surface area contributed by atoms with Gasteiger partial charge in [0.1, 0.15) is 5.75 Å². The van der Waals surface area contributed by atoms with Gasteiger partial charge >= 0.3 is 6.61 Å². The molecule has 1 heterocycles. The van der Waals surface area contributed by atoms with Crippen molar-refractivity contribution in [3.63, 3.8) is 0 Å². The number of halogens is 2. The van der Waals surface area contributed by atoms with Crippen molar-refractivity contribution >= 4 is 17.7 Å². The second-order valence-electron chi connectivity index (χ2n) is 7.16. The highest BCUT2D eigenvalue weighted by Crippen LogP contribution is 2.28. The molecule has 0 bridgehead atoms. The maximum atomic E-state index is 12.4. The van der Waals surface area contributed by atoms with Crippen molar-refractivity contribution in [2.45, 2.75) is 27.0 Å². The van der Waals surface area contributed by atoms with Crippen LogP contribution in [0.1, 0.15) is 22.5 Å². The standard InChI is InChI=1S/C24H25F2N3O4/c1-15-23(27-22(30)12-8-17-5-9-19(10-6-17)33-24(25)26)16(2)29(28-15)14-18-7-11-20(31-3)21(13-18)32-4/h5-13,24H,14H2,1-4H3,(H,27,30)/b12-8-. The molecule has 1 aromatic heterocycles. The van der Waals surface area contributed by atoms with E-state index in [2.05, 4.69) is 15.2 Å². The van der Waals surface area contributed by atoms with Crippen LogP contribution in [0.5, 0.6) is 17.2 Å². The van der Waals surface area contributed by atoms with Gasteiger partial charge in [0.15, 0.2) is 11.5 Å². The number of carbonyl (C=O) groups excluding carboxylic acids is 1. The SMILES string of the molecule is COc1ccc(Cn2nc(C)c(NC(=O)/C=C\c3ccc(OC(F)F)cc3)c2C)cc1OC. The number of aromatic nitrogens is 2. The van der Waals surface area contributed by atoms with Gasteiger partial charge in [0, 0.05) is 6.08 Å². The first-order valence-electron chi connectivity index (χ1n) is 10.1. The number of rotatable bonds is 9. The molecule has 0 saturated carbocycles. The van der Waals surface area contributed by atoms with Crippen molar-refractivity contribution in [1.29, 1.82) is 0 Å². The van der Waals surface area contributed by atoms with E-state index >= 15 is 0 Å². The van der Waals surface area contributed by atoms with Crippen molar-refractivity contribution in [2.75, 3.05) is 19.5 Å². The van der Waals surface area contributed by atoms with E-state index in [1.54, 1.807) is 37.1 Å². The molecule has 174 valence electrons. The van der Waals surface area contributed by atoms with E-state index in [9.17, 15) is 13.6 Å². The molecule has 9 heteroatoms. The molecule has 33 heavy (non-hydrogen) atoms. The Hall–Kier alpha value is -3.88. The average molecular weight is 457 g/mol. The Morgan fingerprint density at radius 2 is 1.79 bits per heavy atom. The minimum Gasteiger partial charge on any atom is -0.493 e. The van der Waals surface area contributed by atoms with E-state index in [0.29, 0.717) is 35.0 Å². The third-order valence-corrected chi connectivity index (χ3v) is 4.94. The topological polar surface area (TPSA) is 74.6 Å². The molecule has 0 radical (unpaired) electrons. The van der Waals surface area contributed by atoms with Crippen LogP contribution in [0.15, 0.2) is 48.5 Å². The smallest absolute Gasteiger partial charge is 0.387 e. The first kappa shape index (κ1) is 23.8. The lowest BCUT2D eigenvalue weighted by Crippen LogP contribution is -2.10. The van der Waals surface area contributed by atoms with Gasteiger partial charge in [-0.15, -0.1) is 0 Å². The normalized spacial score (nSPS) is 11.1. The number of alkyl halides is 2. The highest BCUT2D eigenvalue weighted by atomic mass is 19.3. The summed E-state index contributed by atoms with van der Waals surface area (Å²) in [6.45, 7) is 1.31. The zero-order valence-electron chi connectivity index (χ0n) is 18.8. The largest absolute Gasteiger partial charge is 0.493 e. The second-order valence-corrected chi connectivity index (χ2v) is 7.16. The van der Waals surface area contributed by atoms with E-state index in [1.165, 1.54) is 18.2 Å². The molecule has 3 rings (SSSR count). The van der Waals surface area contributed by atoms with Gasteiger partial charge in [0.25, 0.3) is 0 Å². The summed E-state index contributed by atoms with van der Waals surface area (Å²) in [5.74, 6) is 0.994. The van der Waals surface area contributed by atoms with E-state index in [0.717, 1.165) is 11.3 Å². The first-order chi connectivity index (χ1) is 15.8. The molecule has 2 aromatic carbocycles. The van der Waals surface area contributed by atoms with Crippen LogP contribution in [0.25, 0.3) is 6.08 Å². The fourth-order valence-corrected chi connectivity index (χ4v) is 3.28. The zero-order chi connectivity index (χ0) is 24.0. The predicted molar refractivity (Wildman–Crippen MR) is 121 cm³/mol. The van der Waals surface area contributed by atoms with E-state index in [4.69, 9.17) is 9.47 Å². The molecule has 3 aromatic rings. The predicted octanol–water partition coefficient (Wildman–Crippen LogP) is 4.82. The lowest BCUT2D eigenvalue weighted by Gasteiger charge is -2.10. The number of hydrogen-bond donors (Lipinski definition) is 1. The molecular formula is C24H25F2N3O4.